The van der Waals surface area contributed by atoms with Crippen LogP contribution in [0.3, 0.4) is 0 Å². The first-order chi connectivity index (χ1) is 14.1. The molecule has 2 rings (SSSR count). The van der Waals surface area contributed by atoms with E-state index in [4.69, 9.17) is 9.47 Å². The van der Waals surface area contributed by atoms with Crippen LogP contribution in [0.1, 0.15) is 38.3 Å². The summed E-state index contributed by atoms with van der Waals surface area (Å²) in [4.78, 5) is 2.42. The Morgan fingerprint density at radius 2 is 1.83 bits per heavy atom. The Balaban J connectivity index is 1.97. The second kappa shape index (κ2) is 12.8. The molecule has 2 aromatic carbocycles. The summed E-state index contributed by atoms with van der Waals surface area (Å²) >= 11 is 3.59. The van der Waals surface area contributed by atoms with Gasteiger partial charge in [-0.3, -0.25) is 0 Å². The van der Waals surface area contributed by atoms with Crippen LogP contribution in [0.4, 0.5) is 4.39 Å². The highest BCUT2D eigenvalue weighted by molar-refractivity contribution is 9.10. The van der Waals surface area contributed by atoms with Gasteiger partial charge in [-0.05, 0) is 79.2 Å². The van der Waals surface area contributed by atoms with Crippen LogP contribution < -0.4 is 14.8 Å². The molecule has 0 aromatic heterocycles. The third-order valence-corrected chi connectivity index (χ3v) is 5.34. The number of halogens is 2. The molecule has 0 aliphatic rings. The molecule has 0 heterocycles. The Labute approximate surface area is 182 Å². The van der Waals surface area contributed by atoms with E-state index in [1.807, 2.05) is 19.1 Å². The van der Waals surface area contributed by atoms with E-state index in [0.29, 0.717) is 23.7 Å². The van der Waals surface area contributed by atoms with Crippen molar-refractivity contribution >= 4 is 15.9 Å². The number of nitrogens with one attached hydrogen (secondary N) is 1. The van der Waals surface area contributed by atoms with E-state index in [9.17, 15) is 4.39 Å². The molecule has 4 nitrogen and oxygen atoms in total. The lowest BCUT2D eigenvalue weighted by Crippen LogP contribution is -2.27. The van der Waals surface area contributed by atoms with E-state index in [2.05, 4.69) is 40.0 Å². The van der Waals surface area contributed by atoms with Gasteiger partial charge in [-0.25, -0.2) is 4.39 Å². The zero-order valence-electron chi connectivity index (χ0n) is 17.6. The molecule has 160 valence electrons. The predicted octanol–water partition coefficient (Wildman–Crippen LogP) is 5.39. The molecule has 6 heteroatoms. The van der Waals surface area contributed by atoms with Gasteiger partial charge in [-0.1, -0.05) is 32.0 Å². The molecule has 0 atom stereocenters. The number of hydrogen-bond donors (Lipinski definition) is 1. The maximum absolute atomic E-state index is 13.9. The summed E-state index contributed by atoms with van der Waals surface area (Å²) in [7, 11) is 0. The molecule has 0 radical (unpaired) electrons. The second-order valence-corrected chi connectivity index (χ2v) is 7.63. The van der Waals surface area contributed by atoms with Gasteiger partial charge in [-0.2, -0.15) is 0 Å². The number of nitrogens with zero attached hydrogens (tertiary/aromatic N) is 1. The van der Waals surface area contributed by atoms with Gasteiger partial charge < -0.3 is 19.7 Å². The number of rotatable bonds is 13. The summed E-state index contributed by atoms with van der Waals surface area (Å²) in [5, 5.41) is 3.49. The second-order valence-electron chi connectivity index (χ2n) is 6.78. The van der Waals surface area contributed by atoms with Crippen molar-refractivity contribution in [1.29, 1.82) is 0 Å². The van der Waals surface area contributed by atoms with E-state index in [-0.39, 0.29) is 12.4 Å². The molecule has 0 spiro atoms. The largest absolute Gasteiger partial charge is 0.490 e. The Morgan fingerprint density at radius 1 is 1.07 bits per heavy atom. The van der Waals surface area contributed by atoms with Crippen LogP contribution in [0.25, 0.3) is 0 Å². The van der Waals surface area contributed by atoms with E-state index < -0.39 is 0 Å². The van der Waals surface area contributed by atoms with Gasteiger partial charge in [0.15, 0.2) is 11.5 Å². The molecule has 0 saturated heterocycles. The fourth-order valence-electron chi connectivity index (χ4n) is 3.09. The third kappa shape index (κ3) is 7.61. The normalized spacial score (nSPS) is 11.1. The fraction of sp³-hybridized carbons (Fsp3) is 0.478. The highest BCUT2D eigenvalue weighted by Gasteiger charge is 2.13. The van der Waals surface area contributed by atoms with Gasteiger partial charge in [0.05, 0.1) is 11.1 Å². The molecule has 0 saturated carbocycles. The van der Waals surface area contributed by atoms with Crippen molar-refractivity contribution in [3.63, 3.8) is 0 Å². The van der Waals surface area contributed by atoms with Gasteiger partial charge >= 0.3 is 0 Å². The maximum Gasteiger partial charge on any atom is 0.175 e. The Hall–Kier alpha value is -1.63. The Bertz CT molecular complexity index is 754. The van der Waals surface area contributed by atoms with Crippen LogP contribution in [0, 0.1) is 5.82 Å². The van der Waals surface area contributed by atoms with Gasteiger partial charge in [0.25, 0.3) is 0 Å². The van der Waals surface area contributed by atoms with Gasteiger partial charge in [0, 0.05) is 12.1 Å². The van der Waals surface area contributed by atoms with Gasteiger partial charge in [-0.15, -0.1) is 0 Å². The van der Waals surface area contributed by atoms with Gasteiger partial charge in [0.2, 0.25) is 0 Å². The predicted molar refractivity (Wildman–Crippen MR) is 120 cm³/mol. The molecule has 1 N–H and O–H groups in total. The van der Waals surface area contributed by atoms with Crippen LogP contribution in [-0.2, 0) is 13.2 Å². The van der Waals surface area contributed by atoms with Crippen molar-refractivity contribution in [2.75, 3.05) is 32.8 Å². The van der Waals surface area contributed by atoms with Crippen LogP contribution in [-0.4, -0.2) is 37.7 Å². The number of ether oxygens (including phenoxy) is 2. The maximum atomic E-state index is 13.9. The summed E-state index contributed by atoms with van der Waals surface area (Å²) < 4.78 is 26.4. The fourth-order valence-corrected chi connectivity index (χ4v) is 3.70. The lowest BCUT2D eigenvalue weighted by molar-refractivity contribution is 0.264. The van der Waals surface area contributed by atoms with Crippen LogP contribution in [0.2, 0.25) is 0 Å². The van der Waals surface area contributed by atoms with Crippen molar-refractivity contribution in [2.24, 2.45) is 0 Å². The van der Waals surface area contributed by atoms with E-state index in [1.54, 1.807) is 18.2 Å². The highest BCUT2D eigenvalue weighted by Crippen LogP contribution is 2.37. The minimum atomic E-state index is -0.271. The average Bonchev–Trinajstić information content (AvgIpc) is 2.71. The van der Waals surface area contributed by atoms with Crippen molar-refractivity contribution in [3.8, 4) is 11.5 Å². The summed E-state index contributed by atoms with van der Waals surface area (Å²) in [6.45, 7) is 12.0. The van der Waals surface area contributed by atoms with Crippen LogP contribution >= 0.6 is 15.9 Å². The van der Waals surface area contributed by atoms with Crippen molar-refractivity contribution in [2.45, 2.75) is 40.3 Å². The molecular weight excluding hydrogens is 435 g/mol. The molecule has 0 unspecified atom stereocenters. The first-order valence-electron chi connectivity index (χ1n) is 10.3. The summed E-state index contributed by atoms with van der Waals surface area (Å²) in [6.07, 6.45) is 1.12. The van der Waals surface area contributed by atoms with E-state index in [1.165, 1.54) is 6.07 Å². The number of hydrogen-bond acceptors (Lipinski definition) is 4. The minimum absolute atomic E-state index is 0.147. The molecule has 0 fully saturated rings. The number of benzene rings is 2. The molecule has 29 heavy (non-hydrogen) atoms. The van der Waals surface area contributed by atoms with Crippen molar-refractivity contribution < 1.29 is 13.9 Å². The zero-order valence-corrected chi connectivity index (χ0v) is 19.2. The average molecular weight is 467 g/mol. The summed E-state index contributed by atoms with van der Waals surface area (Å²) in [5.74, 6) is 0.991. The van der Waals surface area contributed by atoms with Crippen molar-refractivity contribution in [1.82, 2.24) is 10.2 Å². The van der Waals surface area contributed by atoms with E-state index >= 15 is 0 Å². The molecule has 0 aliphatic heterocycles. The molecule has 0 amide bonds. The zero-order chi connectivity index (χ0) is 21.1. The van der Waals surface area contributed by atoms with Crippen LogP contribution in [0.15, 0.2) is 40.9 Å². The monoisotopic (exact) mass is 466 g/mol. The summed E-state index contributed by atoms with van der Waals surface area (Å²) in [6, 6.07) is 10.6. The Morgan fingerprint density at radius 3 is 2.52 bits per heavy atom. The van der Waals surface area contributed by atoms with E-state index in [0.717, 1.165) is 49.2 Å². The standard InChI is InChI=1S/C23H32BrFN2O2/c1-4-27(5-2)13-9-12-26-16-18-14-20(24)23(22(15-18)28-6-3)29-17-19-10-7-8-11-21(19)25/h7-8,10-11,14-15,26H,4-6,9,12-13,16-17H2,1-3H3. The SMILES string of the molecule is CCOc1cc(CNCCCN(CC)CC)cc(Br)c1OCc1ccccc1F. The molecular formula is C23H32BrFN2O2. The van der Waals surface area contributed by atoms with Gasteiger partial charge in [0.1, 0.15) is 12.4 Å². The molecule has 0 aliphatic carbocycles. The minimum Gasteiger partial charge on any atom is -0.490 e. The van der Waals surface area contributed by atoms with Crippen LogP contribution in [0.5, 0.6) is 11.5 Å². The van der Waals surface area contributed by atoms with Crippen molar-refractivity contribution in [3.05, 3.63) is 57.8 Å². The lowest BCUT2D eigenvalue weighted by atomic mass is 10.2. The smallest absolute Gasteiger partial charge is 0.175 e. The lowest BCUT2D eigenvalue weighted by Gasteiger charge is -2.18. The molecule has 0 bridgehead atoms. The topological polar surface area (TPSA) is 33.7 Å². The quantitative estimate of drug-likeness (QED) is 0.401. The Kier molecular flexibility index (Phi) is 10.5. The summed E-state index contributed by atoms with van der Waals surface area (Å²) in [5.41, 5.74) is 1.63. The third-order valence-electron chi connectivity index (χ3n) is 4.75. The highest BCUT2D eigenvalue weighted by atomic mass is 79.9. The first-order valence-corrected chi connectivity index (χ1v) is 11.1. The molecule has 2 aromatic rings. The first kappa shape index (κ1) is 23.6.